The number of carboxylic acids is 1. The van der Waals surface area contributed by atoms with Gasteiger partial charge in [0.15, 0.2) is 0 Å². The van der Waals surface area contributed by atoms with E-state index in [1.54, 1.807) is 12.1 Å². The van der Waals surface area contributed by atoms with E-state index in [1.165, 1.54) is 6.07 Å². The first kappa shape index (κ1) is 18.0. The second kappa shape index (κ2) is 6.47. The van der Waals surface area contributed by atoms with Crippen LogP contribution < -0.4 is 0 Å². The van der Waals surface area contributed by atoms with Crippen LogP contribution >= 0.6 is 0 Å². The largest absolute Gasteiger partial charge is 0.481 e. The van der Waals surface area contributed by atoms with Crippen molar-refractivity contribution in [2.24, 2.45) is 11.8 Å². The number of rotatable bonds is 3. The number of carbonyl (C=O) groups excluding carboxylic acids is 1. The van der Waals surface area contributed by atoms with Crippen molar-refractivity contribution >= 4 is 11.9 Å². The molecule has 0 radical (unpaired) electrons. The van der Waals surface area contributed by atoms with Gasteiger partial charge < -0.3 is 14.5 Å². The molecule has 1 amide bonds. The molecule has 1 aliphatic rings. The molecule has 1 saturated heterocycles. The van der Waals surface area contributed by atoms with Crippen LogP contribution in [0.5, 0.6) is 0 Å². The minimum Gasteiger partial charge on any atom is -0.481 e. The number of benzene rings is 1. The van der Waals surface area contributed by atoms with E-state index in [-0.39, 0.29) is 5.76 Å². The van der Waals surface area contributed by atoms with Gasteiger partial charge in [0.2, 0.25) is 5.76 Å². The quantitative estimate of drug-likeness (QED) is 0.901. The highest BCUT2D eigenvalue weighted by atomic mass is 19.4. The molecular formula is C17H15F3N2O4. The number of aromatic nitrogens is 1. The molecule has 9 heteroatoms. The van der Waals surface area contributed by atoms with Crippen molar-refractivity contribution < 1.29 is 32.4 Å². The van der Waals surface area contributed by atoms with Gasteiger partial charge in [-0.1, -0.05) is 35.0 Å². The van der Waals surface area contributed by atoms with Crippen molar-refractivity contribution in [2.45, 2.75) is 13.1 Å². The lowest BCUT2D eigenvalue weighted by Crippen LogP contribution is -2.34. The molecule has 0 spiro atoms. The molecule has 0 unspecified atom stereocenters. The van der Waals surface area contributed by atoms with Crippen LogP contribution in [0.25, 0.3) is 11.3 Å². The zero-order valence-corrected chi connectivity index (χ0v) is 13.7. The van der Waals surface area contributed by atoms with Gasteiger partial charge in [-0.2, -0.15) is 13.2 Å². The van der Waals surface area contributed by atoms with Crippen LogP contribution in [0.4, 0.5) is 13.2 Å². The SMILES string of the molecule is Cc1ccc(-c2cc(C(=O)N3C[C@@H](C(F)(F)F)[C@H](C(=O)O)C3)on2)cc1. The first-order chi connectivity index (χ1) is 12.2. The molecule has 1 aromatic carbocycles. The summed E-state index contributed by atoms with van der Waals surface area (Å²) >= 11 is 0. The number of amides is 1. The number of hydrogen-bond acceptors (Lipinski definition) is 4. The first-order valence-corrected chi connectivity index (χ1v) is 7.79. The van der Waals surface area contributed by atoms with Gasteiger partial charge >= 0.3 is 12.1 Å². The zero-order chi connectivity index (χ0) is 19.1. The molecular weight excluding hydrogens is 353 g/mol. The van der Waals surface area contributed by atoms with Crippen LogP contribution in [-0.4, -0.2) is 46.3 Å². The van der Waals surface area contributed by atoms with Crippen molar-refractivity contribution in [1.29, 1.82) is 0 Å². The number of halogens is 3. The van der Waals surface area contributed by atoms with Crippen molar-refractivity contribution in [2.75, 3.05) is 13.1 Å². The second-order valence-corrected chi connectivity index (χ2v) is 6.25. The molecule has 138 valence electrons. The average Bonchev–Trinajstić information content (AvgIpc) is 3.22. The van der Waals surface area contributed by atoms with Gasteiger partial charge in [-0.05, 0) is 6.92 Å². The average molecular weight is 368 g/mol. The normalized spacial score (nSPS) is 20.4. The van der Waals surface area contributed by atoms with Crippen LogP contribution in [0, 0.1) is 18.8 Å². The van der Waals surface area contributed by atoms with E-state index in [1.807, 2.05) is 19.1 Å². The summed E-state index contributed by atoms with van der Waals surface area (Å²) in [5.41, 5.74) is 2.09. The topological polar surface area (TPSA) is 83.6 Å². The van der Waals surface area contributed by atoms with E-state index >= 15 is 0 Å². The van der Waals surface area contributed by atoms with E-state index in [4.69, 9.17) is 9.63 Å². The van der Waals surface area contributed by atoms with Crippen LogP contribution in [0.15, 0.2) is 34.9 Å². The maximum atomic E-state index is 13.0. The van der Waals surface area contributed by atoms with Crippen LogP contribution in [0.2, 0.25) is 0 Å². The van der Waals surface area contributed by atoms with E-state index in [9.17, 15) is 22.8 Å². The van der Waals surface area contributed by atoms with Crippen LogP contribution in [0.3, 0.4) is 0 Å². The fourth-order valence-corrected chi connectivity index (χ4v) is 2.94. The first-order valence-electron chi connectivity index (χ1n) is 7.79. The molecule has 26 heavy (non-hydrogen) atoms. The summed E-state index contributed by atoms with van der Waals surface area (Å²) in [6, 6.07) is 8.58. The van der Waals surface area contributed by atoms with Gasteiger partial charge in [-0.25, -0.2) is 0 Å². The second-order valence-electron chi connectivity index (χ2n) is 6.25. The monoisotopic (exact) mass is 368 g/mol. The fraction of sp³-hybridized carbons (Fsp3) is 0.353. The van der Waals surface area contributed by atoms with E-state index in [0.717, 1.165) is 10.5 Å². The van der Waals surface area contributed by atoms with Crippen molar-refractivity contribution in [1.82, 2.24) is 10.1 Å². The molecule has 0 bridgehead atoms. The molecule has 1 aromatic heterocycles. The number of carboxylic acid groups (broad SMARTS) is 1. The Balaban J connectivity index is 1.80. The summed E-state index contributed by atoms with van der Waals surface area (Å²) in [6.45, 7) is 0.656. The molecule has 2 heterocycles. The number of aliphatic carboxylic acids is 1. The number of likely N-dealkylation sites (tertiary alicyclic amines) is 1. The third-order valence-electron chi connectivity index (χ3n) is 4.41. The van der Waals surface area contributed by atoms with Crippen molar-refractivity contribution in [3.63, 3.8) is 0 Å². The minimum atomic E-state index is -4.70. The van der Waals surface area contributed by atoms with Crippen molar-refractivity contribution in [3.05, 3.63) is 41.7 Å². The number of nitrogens with zero attached hydrogens (tertiary/aromatic N) is 2. The lowest BCUT2D eigenvalue weighted by atomic mass is 9.96. The highest BCUT2D eigenvalue weighted by Crippen LogP contribution is 2.38. The summed E-state index contributed by atoms with van der Waals surface area (Å²) in [7, 11) is 0. The zero-order valence-electron chi connectivity index (χ0n) is 13.7. The predicted octanol–water partition coefficient (Wildman–Crippen LogP) is 2.99. The van der Waals surface area contributed by atoms with E-state index < -0.39 is 43.0 Å². The minimum absolute atomic E-state index is 0.229. The molecule has 6 nitrogen and oxygen atoms in total. The summed E-state index contributed by atoms with van der Waals surface area (Å²) < 4.78 is 44.1. The number of hydrogen-bond donors (Lipinski definition) is 1. The number of alkyl halides is 3. The van der Waals surface area contributed by atoms with Gasteiger partial charge in [0.05, 0.1) is 11.8 Å². The molecule has 2 atom stereocenters. The maximum Gasteiger partial charge on any atom is 0.394 e. The van der Waals surface area contributed by atoms with Gasteiger partial charge in [0, 0.05) is 24.7 Å². The Hall–Kier alpha value is -2.84. The Morgan fingerprint density at radius 2 is 1.88 bits per heavy atom. The summed E-state index contributed by atoms with van der Waals surface area (Å²) in [6.07, 6.45) is -4.70. The Labute approximate surface area is 146 Å². The molecule has 1 fully saturated rings. The van der Waals surface area contributed by atoms with Gasteiger partial charge in [-0.15, -0.1) is 0 Å². The van der Waals surface area contributed by atoms with E-state index in [0.29, 0.717) is 11.3 Å². The van der Waals surface area contributed by atoms with Gasteiger partial charge in [0.25, 0.3) is 5.91 Å². The summed E-state index contributed by atoms with van der Waals surface area (Å²) in [4.78, 5) is 24.4. The standard InChI is InChI=1S/C17H15F3N2O4/c1-9-2-4-10(5-3-9)13-6-14(26-21-13)15(23)22-7-11(16(24)25)12(8-22)17(18,19)20/h2-6,11-12H,7-8H2,1H3,(H,24,25)/t11-,12-/m1/s1. The molecule has 2 aromatic rings. The van der Waals surface area contributed by atoms with Gasteiger partial charge in [0.1, 0.15) is 5.69 Å². The van der Waals surface area contributed by atoms with E-state index in [2.05, 4.69) is 5.16 Å². The highest BCUT2D eigenvalue weighted by molar-refractivity contribution is 5.93. The Morgan fingerprint density at radius 3 is 2.42 bits per heavy atom. The number of aryl methyl sites for hydroxylation is 1. The highest BCUT2D eigenvalue weighted by Gasteiger charge is 2.53. The Kier molecular flexibility index (Phi) is 4.47. The lowest BCUT2D eigenvalue weighted by Gasteiger charge is -2.17. The lowest BCUT2D eigenvalue weighted by molar-refractivity contribution is -0.187. The Morgan fingerprint density at radius 1 is 1.23 bits per heavy atom. The van der Waals surface area contributed by atoms with Gasteiger partial charge in [-0.3, -0.25) is 9.59 Å². The van der Waals surface area contributed by atoms with Crippen LogP contribution in [0.1, 0.15) is 16.1 Å². The smallest absolute Gasteiger partial charge is 0.394 e. The molecule has 3 rings (SSSR count). The molecule has 1 N–H and O–H groups in total. The predicted molar refractivity (Wildman–Crippen MR) is 83.3 cm³/mol. The third kappa shape index (κ3) is 3.42. The molecule has 1 aliphatic heterocycles. The molecule has 0 aliphatic carbocycles. The summed E-state index contributed by atoms with van der Waals surface area (Å²) in [5, 5.41) is 12.8. The maximum absolute atomic E-state index is 13.0. The Bertz CT molecular complexity index is 829. The number of carbonyl (C=O) groups is 2. The third-order valence-corrected chi connectivity index (χ3v) is 4.41. The van der Waals surface area contributed by atoms with Crippen LogP contribution in [-0.2, 0) is 4.79 Å². The summed E-state index contributed by atoms with van der Waals surface area (Å²) in [5.74, 6) is -6.43. The van der Waals surface area contributed by atoms with Crippen molar-refractivity contribution in [3.8, 4) is 11.3 Å². The fourth-order valence-electron chi connectivity index (χ4n) is 2.94. The molecule has 0 saturated carbocycles.